The number of carbonyl (C=O) groups excluding carboxylic acids is 1. The van der Waals surface area contributed by atoms with Crippen molar-refractivity contribution in [1.82, 2.24) is 10.6 Å². The molecule has 2 amide bonds. The molecule has 0 atom stereocenters. The lowest BCUT2D eigenvalue weighted by Crippen LogP contribution is -2.50. The van der Waals surface area contributed by atoms with Crippen LogP contribution in [0.5, 0.6) is 0 Å². The molecule has 0 rings (SSSR count). The molecule has 0 saturated carbocycles. The summed E-state index contributed by atoms with van der Waals surface area (Å²) in [6.07, 6.45) is -0.240. The van der Waals surface area contributed by atoms with Gasteiger partial charge >= 0.3 is 12.0 Å². The summed E-state index contributed by atoms with van der Waals surface area (Å²) in [5, 5.41) is 18.0. The van der Waals surface area contributed by atoms with Crippen molar-refractivity contribution in [2.75, 3.05) is 12.3 Å². The first-order valence-electron chi connectivity index (χ1n) is 4.80. The van der Waals surface area contributed by atoms with Gasteiger partial charge in [-0.3, -0.25) is 4.79 Å². The van der Waals surface area contributed by atoms with Crippen LogP contribution >= 0.6 is 0 Å². The number of carbonyl (C=O) groups is 2. The van der Waals surface area contributed by atoms with E-state index in [2.05, 4.69) is 10.6 Å². The number of carboxylic acids is 1. The Morgan fingerprint density at radius 3 is 2.29 bits per heavy atom. The number of primary sulfonamides is 1. The molecule has 17 heavy (non-hydrogen) atoms. The van der Waals surface area contributed by atoms with Crippen LogP contribution in [0, 0.1) is 0 Å². The fourth-order valence-corrected chi connectivity index (χ4v) is 1.47. The first-order chi connectivity index (χ1) is 7.52. The second kappa shape index (κ2) is 5.82. The van der Waals surface area contributed by atoms with Crippen LogP contribution in [0.15, 0.2) is 0 Å². The molecule has 0 unspecified atom stereocenters. The SMILES string of the molecule is CC(C)(CC(=O)O)NC(=O)NCCS(N)(=O)=O. The third-order valence-electron chi connectivity index (χ3n) is 1.72. The van der Waals surface area contributed by atoms with Crippen molar-refractivity contribution in [3.05, 3.63) is 0 Å². The van der Waals surface area contributed by atoms with E-state index in [0.717, 1.165) is 0 Å². The van der Waals surface area contributed by atoms with Crippen molar-refractivity contribution in [3.8, 4) is 0 Å². The molecule has 0 aliphatic heterocycles. The van der Waals surface area contributed by atoms with Gasteiger partial charge in [-0.05, 0) is 13.8 Å². The van der Waals surface area contributed by atoms with Crippen LogP contribution in [0.2, 0.25) is 0 Å². The highest BCUT2D eigenvalue weighted by molar-refractivity contribution is 7.89. The van der Waals surface area contributed by atoms with E-state index in [9.17, 15) is 18.0 Å². The van der Waals surface area contributed by atoms with E-state index in [4.69, 9.17) is 10.2 Å². The first kappa shape index (κ1) is 15.7. The van der Waals surface area contributed by atoms with E-state index in [-0.39, 0.29) is 18.7 Å². The van der Waals surface area contributed by atoms with Crippen molar-refractivity contribution in [2.24, 2.45) is 5.14 Å². The maximum Gasteiger partial charge on any atom is 0.315 e. The quantitative estimate of drug-likeness (QED) is 0.480. The molecule has 0 aromatic rings. The summed E-state index contributed by atoms with van der Waals surface area (Å²) in [5.74, 6) is -1.42. The Bertz CT molecular complexity index is 390. The number of rotatable bonds is 6. The zero-order chi connectivity index (χ0) is 13.7. The molecule has 0 aromatic heterocycles. The predicted molar refractivity (Wildman–Crippen MR) is 60.8 cm³/mol. The van der Waals surface area contributed by atoms with Crippen LogP contribution in [-0.2, 0) is 14.8 Å². The Morgan fingerprint density at radius 2 is 1.88 bits per heavy atom. The molecule has 0 radical (unpaired) electrons. The Labute approximate surface area is 99.6 Å². The molecule has 0 fully saturated rings. The van der Waals surface area contributed by atoms with Gasteiger partial charge in [-0.1, -0.05) is 0 Å². The van der Waals surface area contributed by atoms with Gasteiger partial charge in [0.25, 0.3) is 0 Å². The fraction of sp³-hybridized carbons (Fsp3) is 0.750. The van der Waals surface area contributed by atoms with Crippen molar-refractivity contribution in [1.29, 1.82) is 0 Å². The Balaban J connectivity index is 4.06. The Morgan fingerprint density at radius 1 is 1.35 bits per heavy atom. The summed E-state index contributed by atoms with van der Waals surface area (Å²) in [5.41, 5.74) is -0.919. The number of nitrogens with two attached hydrogens (primary N) is 1. The van der Waals surface area contributed by atoms with Crippen LogP contribution < -0.4 is 15.8 Å². The lowest BCUT2D eigenvalue weighted by atomic mass is 10.0. The second-order valence-electron chi connectivity index (χ2n) is 4.20. The highest BCUT2D eigenvalue weighted by atomic mass is 32.2. The van der Waals surface area contributed by atoms with Crippen LogP contribution in [-0.4, -0.2) is 43.4 Å². The van der Waals surface area contributed by atoms with E-state index in [1.807, 2.05) is 0 Å². The fourth-order valence-electron chi connectivity index (χ4n) is 1.08. The van der Waals surface area contributed by atoms with Gasteiger partial charge in [-0.25, -0.2) is 18.4 Å². The molecule has 100 valence electrons. The number of carboxylic acid groups (broad SMARTS) is 1. The number of hydrogen-bond acceptors (Lipinski definition) is 4. The summed E-state index contributed by atoms with van der Waals surface area (Å²) in [6.45, 7) is 2.95. The maximum absolute atomic E-state index is 11.3. The Kier molecular flexibility index (Phi) is 5.36. The summed E-state index contributed by atoms with van der Waals surface area (Å²) >= 11 is 0. The van der Waals surface area contributed by atoms with Gasteiger partial charge in [0.05, 0.1) is 12.2 Å². The minimum atomic E-state index is -3.62. The molecule has 0 saturated heterocycles. The molecular weight excluding hydrogens is 250 g/mol. The lowest BCUT2D eigenvalue weighted by Gasteiger charge is -2.24. The molecule has 8 nitrogen and oxygen atoms in total. The molecular formula is C8H17N3O5S. The van der Waals surface area contributed by atoms with Crippen molar-refractivity contribution in [2.45, 2.75) is 25.8 Å². The van der Waals surface area contributed by atoms with E-state index in [0.29, 0.717) is 0 Å². The van der Waals surface area contributed by atoms with Crippen LogP contribution in [0.3, 0.4) is 0 Å². The normalized spacial score (nSPS) is 11.9. The number of urea groups is 1. The van der Waals surface area contributed by atoms with Crippen molar-refractivity contribution >= 4 is 22.0 Å². The summed E-state index contributed by atoms with van der Waals surface area (Å²) in [7, 11) is -3.62. The average molecular weight is 267 g/mol. The third-order valence-corrected chi connectivity index (χ3v) is 2.49. The smallest absolute Gasteiger partial charge is 0.315 e. The first-order valence-corrected chi connectivity index (χ1v) is 6.52. The molecule has 0 aromatic carbocycles. The highest BCUT2D eigenvalue weighted by Crippen LogP contribution is 2.07. The largest absolute Gasteiger partial charge is 0.481 e. The van der Waals surface area contributed by atoms with E-state index >= 15 is 0 Å². The number of hydrogen-bond donors (Lipinski definition) is 4. The molecule has 0 aliphatic rings. The highest BCUT2D eigenvalue weighted by Gasteiger charge is 2.23. The van der Waals surface area contributed by atoms with Crippen LogP contribution in [0.1, 0.15) is 20.3 Å². The second-order valence-corrected chi connectivity index (χ2v) is 5.94. The molecule has 0 aliphatic carbocycles. The zero-order valence-corrected chi connectivity index (χ0v) is 10.5. The molecule has 0 bridgehead atoms. The standard InChI is InChI=1S/C8H17N3O5S/c1-8(2,5-6(12)13)11-7(14)10-3-4-17(9,15)16/h3-5H2,1-2H3,(H,12,13)(H2,9,15,16)(H2,10,11,14). The summed E-state index contributed by atoms with van der Waals surface area (Å²) in [6, 6.07) is -0.639. The molecule has 9 heteroatoms. The van der Waals surface area contributed by atoms with Gasteiger partial charge in [0, 0.05) is 12.1 Å². The Hall–Kier alpha value is -1.35. The van der Waals surface area contributed by atoms with E-state index < -0.39 is 27.6 Å². The van der Waals surface area contributed by atoms with E-state index in [1.165, 1.54) is 0 Å². The van der Waals surface area contributed by atoms with Crippen molar-refractivity contribution < 1.29 is 23.1 Å². The van der Waals surface area contributed by atoms with Gasteiger partial charge in [-0.15, -0.1) is 0 Å². The van der Waals surface area contributed by atoms with Gasteiger partial charge in [-0.2, -0.15) is 0 Å². The number of aliphatic carboxylic acids is 1. The third kappa shape index (κ3) is 9.57. The van der Waals surface area contributed by atoms with Crippen LogP contribution in [0.25, 0.3) is 0 Å². The predicted octanol–water partition coefficient (Wildman–Crippen LogP) is -1.17. The number of sulfonamides is 1. The van der Waals surface area contributed by atoms with Gasteiger partial charge in [0.15, 0.2) is 0 Å². The summed E-state index contributed by atoms with van der Waals surface area (Å²) in [4.78, 5) is 21.7. The van der Waals surface area contributed by atoms with Gasteiger partial charge in [0.2, 0.25) is 10.0 Å². The summed E-state index contributed by atoms with van der Waals surface area (Å²) < 4.78 is 21.1. The van der Waals surface area contributed by atoms with E-state index in [1.54, 1.807) is 13.8 Å². The number of amides is 2. The van der Waals surface area contributed by atoms with Crippen molar-refractivity contribution in [3.63, 3.8) is 0 Å². The minimum Gasteiger partial charge on any atom is -0.481 e. The van der Waals surface area contributed by atoms with Gasteiger partial charge in [0.1, 0.15) is 0 Å². The van der Waals surface area contributed by atoms with Gasteiger partial charge < -0.3 is 15.7 Å². The average Bonchev–Trinajstić information content (AvgIpc) is 1.95. The topological polar surface area (TPSA) is 139 Å². The maximum atomic E-state index is 11.3. The lowest BCUT2D eigenvalue weighted by molar-refractivity contribution is -0.138. The monoisotopic (exact) mass is 267 g/mol. The molecule has 0 spiro atoms. The molecule has 5 N–H and O–H groups in total. The van der Waals surface area contributed by atoms with Crippen LogP contribution in [0.4, 0.5) is 4.79 Å². The minimum absolute atomic E-state index is 0.131. The molecule has 0 heterocycles. The zero-order valence-electron chi connectivity index (χ0n) is 9.69. The number of nitrogens with one attached hydrogen (secondary N) is 2.